The Morgan fingerprint density at radius 3 is 2.35 bits per heavy atom. The first-order valence-corrected chi connectivity index (χ1v) is 22.7. The number of aromatic amines is 2. The summed E-state index contributed by atoms with van der Waals surface area (Å²) in [5.41, 5.74) is 7.66. The van der Waals surface area contributed by atoms with Crippen LogP contribution in [0.1, 0.15) is 80.6 Å². The third-order valence-corrected chi connectivity index (χ3v) is 13.9. The highest BCUT2D eigenvalue weighted by molar-refractivity contribution is 6.05. The molecule has 0 bridgehead atoms. The van der Waals surface area contributed by atoms with Crippen molar-refractivity contribution in [1.29, 1.82) is 0 Å². The number of benzene rings is 4. The molecule has 16 nitrogen and oxygen atoms in total. The number of rotatable bonds is 9. The Morgan fingerprint density at radius 2 is 1.59 bits per heavy atom. The number of nitrogens with one attached hydrogen (secondary N) is 4. The summed E-state index contributed by atoms with van der Waals surface area (Å²) in [7, 11) is 2.57. The molecule has 6 aromatic rings. The summed E-state index contributed by atoms with van der Waals surface area (Å²) in [6.45, 7) is 7.37. The number of aromatic nitrogens is 4. The Hall–Kier alpha value is -6.78. The molecule has 0 radical (unpaired) electrons. The van der Waals surface area contributed by atoms with Gasteiger partial charge in [0.2, 0.25) is 5.91 Å². The smallest absolute Gasteiger partial charge is 0.407 e. The molecule has 10 rings (SSSR count). The second-order valence-corrected chi connectivity index (χ2v) is 18.3. The predicted molar refractivity (Wildman–Crippen MR) is 245 cm³/mol. The van der Waals surface area contributed by atoms with Gasteiger partial charge in [-0.05, 0) is 78.3 Å². The van der Waals surface area contributed by atoms with Crippen molar-refractivity contribution >= 4 is 45.8 Å². The highest BCUT2D eigenvalue weighted by atomic mass is 16.7. The van der Waals surface area contributed by atoms with E-state index >= 15 is 0 Å². The molecule has 1 unspecified atom stereocenters. The standard InChI is InChI=1S/C50H54N8O8/c1-28(2)39(55-47(61)63-4)44(59)57-21-9-12-38(57)43-51-36-19-15-32-24-30(13-17-34(32)41(36)53-43)31-14-18-35-33(25-31)16-20-37-42(35)54-46(52-37)49(3)26-50(65-22-23-66-50)27-58(49)45(60)40(56-48(62)64-5)29-10-7-6-8-11-29/h6-8,10-11,13-15,17-19,24-25,28,38-40H,9,12,16,20-23,26-27H2,1-5H3,(H,51,53)(H,52,54)(H,55,61)(H,56,62)/t38-,39-,40+,49?/m0/s1. The van der Waals surface area contributed by atoms with Crippen molar-refractivity contribution in [3.05, 3.63) is 107 Å². The van der Waals surface area contributed by atoms with Crippen LogP contribution >= 0.6 is 0 Å². The van der Waals surface area contributed by atoms with Gasteiger partial charge in [0, 0.05) is 23.9 Å². The first kappa shape index (κ1) is 43.1. The fraction of sp³-hybridized carbons (Fsp3) is 0.400. The lowest BCUT2D eigenvalue weighted by atomic mass is 9.89. The van der Waals surface area contributed by atoms with Crippen LogP contribution in [0, 0.1) is 5.92 Å². The Morgan fingerprint density at radius 1 is 0.848 bits per heavy atom. The van der Waals surface area contributed by atoms with Gasteiger partial charge in [0.25, 0.3) is 5.91 Å². The number of carbonyl (C=O) groups excluding carboxylic acids is 4. The molecule has 3 saturated heterocycles. The van der Waals surface area contributed by atoms with Crippen LogP contribution in [0.4, 0.5) is 9.59 Å². The van der Waals surface area contributed by atoms with Crippen LogP contribution in [0.5, 0.6) is 0 Å². The zero-order valence-corrected chi connectivity index (χ0v) is 37.7. The number of aryl methyl sites for hydroxylation is 2. The van der Waals surface area contributed by atoms with Crippen LogP contribution in [0.15, 0.2) is 78.9 Å². The lowest BCUT2D eigenvalue weighted by Gasteiger charge is -2.35. The molecular formula is C50H54N8O8. The number of hydrogen-bond acceptors (Lipinski definition) is 10. The van der Waals surface area contributed by atoms with E-state index in [9.17, 15) is 19.2 Å². The summed E-state index contributed by atoms with van der Waals surface area (Å²) >= 11 is 0. The van der Waals surface area contributed by atoms with Gasteiger partial charge in [-0.1, -0.05) is 80.6 Å². The number of imidazole rings is 2. The molecule has 4 N–H and O–H groups in total. The van der Waals surface area contributed by atoms with Crippen LogP contribution in [0.2, 0.25) is 0 Å². The molecule has 4 amide bonds. The zero-order valence-electron chi connectivity index (χ0n) is 37.7. The molecule has 0 saturated carbocycles. The Balaban J connectivity index is 0.924. The number of fused-ring (bicyclic) bond motifs is 6. The highest BCUT2D eigenvalue weighted by Crippen LogP contribution is 2.48. The number of alkyl carbamates (subject to hydrolysis) is 2. The fourth-order valence-electron chi connectivity index (χ4n) is 10.5. The Kier molecular flexibility index (Phi) is 11.0. The van der Waals surface area contributed by atoms with E-state index in [0.717, 1.165) is 75.0 Å². The lowest BCUT2D eigenvalue weighted by molar-refractivity contribution is -0.153. The third kappa shape index (κ3) is 7.51. The number of likely N-dealkylation sites (tertiary alicyclic amines) is 2. The van der Waals surface area contributed by atoms with E-state index in [-0.39, 0.29) is 30.3 Å². The number of nitrogens with zero attached hydrogens (tertiary/aromatic N) is 4. The molecule has 4 aromatic carbocycles. The summed E-state index contributed by atoms with van der Waals surface area (Å²) < 4.78 is 22.2. The number of hydrogen-bond donors (Lipinski definition) is 4. The highest BCUT2D eigenvalue weighted by Gasteiger charge is 2.59. The van der Waals surface area contributed by atoms with Gasteiger partial charge in [-0.15, -0.1) is 0 Å². The van der Waals surface area contributed by atoms with Crippen LogP contribution in [-0.4, -0.2) is 106 Å². The van der Waals surface area contributed by atoms with E-state index in [1.807, 2.05) is 49.9 Å². The van der Waals surface area contributed by atoms with Gasteiger partial charge in [-0.25, -0.2) is 19.6 Å². The first-order chi connectivity index (χ1) is 31.9. The normalized spacial score (nSPS) is 20.7. The molecule has 1 aliphatic carbocycles. The maximum Gasteiger partial charge on any atom is 0.407 e. The lowest BCUT2D eigenvalue weighted by Crippen LogP contribution is -2.51. The maximum absolute atomic E-state index is 14.7. The second-order valence-electron chi connectivity index (χ2n) is 18.3. The summed E-state index contributed by atoms with van der Waals surface area (Å²) in [6.07, 6.45) is 2.11. The van der Waals surface area contributed by atoms with Gasteiger partial charge >= 0.3 is 12.2 Å². The minimum atomic E-state index is -1.02. The van der Waals surface area contributed by atoms with Crippen molar-refractivity contribution in [2.75, 3.05) is 40.5 Å². The van der Waals surface area contributed by atoms with Crippen molar-refractivity contribution in [2.24, 2.45) is 5.92 Å². The molecule has 4 atom stereocenters. The summed E-state index contributed by atoms with van der Waals surface area (Å²) in [5.74, 6) is -0.242. The summed E-state index contributed by atoms with van der Waals surface area (Å²) in [4.78, 5) is 74.2. The monoisotopic (exact) mass is 894 g/mol. The molecule has 3 fully saturated rings. The van der Waals surface area contributed by atoms with Crippen molar-refractivity contribution in [1.82, 2.24) is 40.4 Å². The van der Waals surface area contributed by atoms with Gasteiger partial charge in [0.1, 0.15) is 29.3 Å². The van der Waals surface area contributed by atoms with Crippen molar-refractivity contribution in [2.45, 2.75) is 82.3 Å². The molecule has 342 valence electrons. The molecular weight excluding hydrogens is 841 g/mol. The van der Waals surface area contributed by atoms with Gasteiger partial charge < -0.3 is 49.3 Å². The van der Waals surface area contributed by atoms with E-state index < -0.39 is 35.6 Å². The average molecular weight is 895 g/mol. The van der Waals surface area contributed by atoms with Gasteiger partial charge in [-0.3, -0.25) is 9.59 Å². The second kappa shape index (κ2) is 16.9. The topological polar surface area (TPSA) is 193 Å². The third-order valence-electron chi connectivity index (χ3n) is 13.9. The van der Waals surface area contributed by atoms with Gasteiger partial charge in [0.05, 0.1) is 62.4 Å². The number of carbonyl (C=O) groups is 4. The first-order valence-electron chi connectivity index (χ1n) is 22.7. The minimum Gasteiger partial charge on any atom is -0.453 e. The average Bonchev–Trinajstić information content (AvgIpc) is 4.20. The van der Waals surface area contributed by atoms with Gasteiger partial charge in [0.15, 0.2) is 5.79 Å². The number of ether oxygens (including phenoxy) is 4. The van der Waals surface area contributed by atoms with Crippen LogP contribution in [-0.2, 0) is 46.9 Å². The SMILES string of the molecule is COC(=O)N[C@H](C(=O)N1CCC[C@H]1c1nc2ccc3cc(-c4ccc5c(c4)CCc4nc(C6(C)CC7(CN6C(=O)[C@H](NC(=O)OC)c6ccccc6)OCCO7)[nH]c4-5)ccc3c2[nH]1)C(C)C. The van der Waals surface area contributed by atoms with E-state index in [2.05, 4.69) is 63.1 Å². The quantitative estimate of drug-likeness (QED) is 0.115. The minimum absolute atomic E-state index is 0.122. The maximum atomic E-state index is 14.7. The van der Waals surface area contributed by atoms with Gasteiger partial charge in [-0.2, -0.15) is 0 Å². The fourth-order valence-corrected chi connectivity index (χ4v) is 10.5. The molecule has 66 heavy (non-hydrogen) atoms. The molecule has 5 heterocycles. The number of amides is 4. The van der Waals surface area contributed by atoms with E-state index in [4.69, 9.17) is 28.9 Å². The van der Waals surface area contributed by atoms with E-state index in [1.54, 1.807) is 17.0 Å². The van der Waals surface area contributed by atoms with Crippen molar-refractivity contribution in [3.8, 4) is 22.4 Å². The van der Waals surface area contributed by atoms with E-state index in [1.165, 1.54) is 19.8 Å². The van der Waals surface area contributed by atoms with Crippen LogP contribution in [0.25, 0.3) is 44.2 Å². The molecule has 1 spiro atoms. The van der Waals surface area contributed by atoms with Crippen LogP contribution < -0.4 is 10.6 Å². The molecule has 16 heteroatoms. The van der Waals surface area contributed by atoms with Crippen LogP contribution in [0.3, 0.4) is 0 Å². The summed E-state index contributed by atoms with van der Waals surface area (Å²) in [6, 6.07) is 24.3. The number of methoxy groups -OCH3 is 2. The number of H-pyrrole nitrogens is 2. The molecule has 4 aliphatic rings. The predicted octanol–water partition coefficient (Wildman–Crippen LogP) is 7.20. The Labute approximate surface area is 381 Å². The van der Waals surface area contributed by atoms with Crippen molar-refractivity contribution in [3.63, 3.8) is 0 Å². The zero-order chi connectivity index (χ0) is 45.9. The van der Waals surface area contributed by atoms with E-state index in [0.29, 0.717) is 44.0 Å². The molecule has 3 aliphatic heterocycles. The molecule has 2 aromatic heterocycles. The Bertz CT molecular complexity index is 2870. The van der Waals surface area contributed by atoms with Crippen molar-refractivity contribution < 1.29 is 38.1 Å². The largest absolute Gasteiger partial charge is 0.453 e. The summed E-state index contributed by atoms with van der Waals surface area (Å²) in [5, 5.41) is 7.58.